The summed E-state index contributed by atoms with van der Waals surface area (Å²) in [4.78, 5) is 0. The fourth-order valence-electron chi connectivity index (χ4n) is 6.36. The molecular formula is C23H29NO. The lowest BCUT2D eigenvalue weighted by molar-refractivity contribution is -0.0710. The Hall–Kier alpha value is -1.59. The second kappa shape index (κ2) is 5.99. The molecule has 1 aromatic carbocycles. The highest BCUT2D eigenvalue weighted by Crippen LogP contribution is 2.64. The van der Waals surface area contributed by atoms with Crippen LogP contribution in [0.15, 0.2) is 30.4 Å². The summed E-state index contributed by atoms with van der Waals surface area (Å²) in [6, 6.07) is 8.68. The Morgan fingerprint density at radius 3 is 2.88 bits per heavy atom. The van der Waals surface area contributed by atoms with E-state index in [4.69, 9.17) is 0 Å². The van der Waals surface area contributed by atoms with Crippen LogP contribution in [0.4, 0.5) is 0 Å². The standard InChI is InChI=1S/C23H29NO/c1-3-4-12-23(25)14-11-21-20-9-8-17-16(15-24)6-5-7-18(17)19(20)10-13-22(21,23)2/h4-7,12,19-21,25H,3,8-11,13-14H2,1-2H3/t19?,20?,21?,22-,23-/m0/s1. The van der Waals surface area contributed by atoms with Gasteiger partial charge in [0.2, 0.25) is 0 Å². The van der Waals surface area contributed by atoms with Crippen LogP contribution < -0.4 is 0 Å². The number of rotatable bonds is 2. The summed E-state index contributed by atoms with van der Waals surface area (Å²) in [7, 11) is 0. The molecule has 2 nitrogen and oxygen atoms in total. The van der Waals surface area contributed by atoms with Crippen molar-refractivity contribution in [2.45, 2.75) is 70.3 Å². The first kappa shape index (κ1) is 16.9. The molecule has 0 bridgehead atoms. The van der Waals surface area contributed by atoms with Crippen molar-refractivity contribution >= 4 is 0 Å². The molecular weight excluding hydrogens is 306 g/mol. The molecule has 1 aromatic rings. The van der Waals surface area contributed by atoms with Crippen LogP contribution in [0, 0.1) is 28.6 Å². The highest BCUT2D eigenvalue weighted by Gasteiger charge is 2.60. The predicted octanol–water partition coefficient (Wildman–Crippen LogP) is 5.11. The third-order valence-corrected chi connectivity index (χ3v) is 7.74. The lowest BCUT2D eigenvalue weighted by Crippen LogP contribution is -2.49. The Bertz CT molecular complexity index is 745. The fraction of sp³-hybridized carbons (Fsp3) is 0.609. The highest BCUT2D eigenvalue weighted by molar-refractivity contribution is 5.46. The van der Waals surface area contributed by atoms with Crippen molar-refractivity contribution in [3.05, 3.63) is 47.0 Å². The van der Waals surface area contributed by atoms with Gasteiger partial charge in [0.05, 0.1) is 17.2 Å². The van der Waals surface area contributed by atoms with E-state index < -0.39 is 5.60 Å². The zero-order chi connectivity index (χ0) is 17.7. The summed E-state index contributed by atoms with van der Waals surface area (Å²) in [5, 5.41) is 20.9. The van der Waals surface area contributed by atoms with Crippen LogP contribution in [0.1, 0.15) is 75.0 Å². The molecule has 2 heteroatoms. The molecule has 25 heavy (non-hydrogen) atoms. The normalized spacial score (nSPS) is 39.5. The first-order valence-corrected chi connectivity index (χ1v) is 9.96. The van der Waals surface area contributed by atoms with Gasteiger partial charge in [-0.1, -0.05) is 38.1 Å². The second-order valence-corrected chi connectivity index (χ2v) is 8.63. The second-order valence-electron chi connectivity index (χ2n) is 8.63. The van der Waals surface area contributed by atoms with Gasteiger partial charge >= 0.3 is 0 Å². The maximum atomic E-state index is 11.4. The van der Waals surface area contributed by atoms with E-state index in [0.29, 0.717) is 17.8 Å². The van der Waals surface area contributed by atoms with Gasteiger partial charge in [0.15, 0.2) is 0 Å². The molecule has 2 fully saturated rings. The van der Waals surface area contributed by atoms with Crippen molar-refractivity contribution < 1.29 is 5.11 Å². The van der Waals surface area contributed by atoms with Crippen molar-refractivity contribution in [1.29, 1.82) is 5.26 Å². The van der Waals surface area contributed by atoms with Crippen molar-refractivity contribution in [3.63, 3.8) is 0 Å². The number of aliphatic hydroxyl groups is 1. The first-order chi connectivity index (χ1) is 12.0. The van der Waals surface area contributed by atoms with Crippen LogP contribution in [-0.2, 0) is 6.42 Å². The van der Waals surface area contributed by atoms with E-state index >= 15 is 0 Å². The summed E-state index contributed by atoms with van der Waals surface area (Å²) in [6.45, 7) is 4.47. The quantitative estimate of drug-likeness (QED) is 0.763. The molecule has 1 N–H and O–H groups in total. The summed E-state index contributed by atoms with van der Waals surface area (Å²) in [5.41, 5.74) is 2.97. The van der Waals surface area contributed by atoms with E-state index in [9.17, 15) is 10.4 Å². The van der Waals surface area contributed by atoms with E-state index in [1.165, 1.54) is 17.5 Å². The molecule has 4 rings (SSSR count). The maximum absolute atomic E-state index is 11.4. The monoisotopic (exact) mass is 335 g/mol. The van der Waals surface area contributed by atoms with E-state index in [-0.39, 0.29) is 5.41 Å². The number of hydrogen-bond donors (Lipinski definition) is 1. The lowest BCUT2D eigenvalue weighted by atomic mass is 9.53. The third kappa shape index (κ3) is 2.32. The minimum absolute atomic E-state index is 0.00415. The van der Waals surface area contributed by atoms with Crippen LogP contribution in [0.5, 0.6) is 0 Å². The van der Waals surface area contributed by atoms with Gasteiger partial charge < -0.3 is 5.11 Å². The topological polar surface area (TPSA) is 44.0 Å². The molecule has 0 aromatic heterocycles. The summed E-state index contributed by atoms with van der Waals surface area (Å²) >= 11 is 0. The SMILES string of the molecule is CCC=C[C@]1(O)CCC2C3CCc4c(C#N)cccc4C3CC[C@@]21C. The maximum Gasteiger partial charge on any atom is 0.0994 e. The number of allylic oxidation sites excluding steroid dienone is 1. The Morgan fingerprint density at radius 2 is 2.12 bits per heavy atom. The van der Waals surface area contributed by atoms with E-state index in [1.807, 2.05) is 6.07 Å². The third-order valence-electron chi connectivity index (χ3n) is 7.74. The number of fused-ring (bicyclic) bond motifs is 5. The van der Waals surface area contributed by atoms with Crippen LogP contribution >= 0.6 is 0 Å². The Balaban J connectivity index is 1.69. The molecule has 0 radical (unpaired) electrons. The van der Waals surface area contributed by atoms with E-state index in [1.54, 1.807) is 0 Å². The summed E-state index contributed by atoms with van der Waals surface area (Å²) < 4.78 is 0. The first-order valence-electron chi connectivity index (χ1n) is 9.96. The van der Waals surface area contributed by atoms with Crippen molar-refractivity contribution in [1.82, 2.24) is 0 Å². The number of nitrogens with zero attached hydrogens (tertiary/aromatic N) is 1. The van der Waals surface area contributed by atoms with Crippen LogP contribution in [0.25, 0.3) is 0 Å². The largest absolute Gasteiger partial charge is 0.385 e. The van der Waals surface area contributed by atoms with Gasteiger partial charge in [0.1, 0.15) is 0 Å². The molecule has 0 heterocycles. The van der Waals surface area contributed by atoms with Gasteiger partial charge in [-0.05, 0) is 79.9 Å². The summed E-state index contributed by atoms with van der Waals surface area (Å²) in [6.07, 6.45) is 11.7. The fourth-order valence-corrected chi connectivity index (χ4v) is 6.36. The Morgan fingerprint density at radius 1 is 1.28 bits per heavy atom. The zero-order valence-corrected chi connectivity index (χ0v) is 15.5. The zero-order valence-electron chi connectivity index (χ0n) is 15.5. The van der Waals surface area contributed by atoms with Crippen LogP contribution in [-0.4, -0.2) is 10.7 Å². The molecule has 0 amide bonds. The van der Waals surface area contributed by atoms with Gasteiger partial charge in [0, 0.05) is 5.41 Å². The minimum atomic E-state index is -0.632. The van der Waals surface area contributed by atoms with Gasteiger partial charge in [-0.2, -0.15) is 5.26 Å². The molecule has 3 unspecified atom stereocenters. The van der Waals surface area contributed by atoms with Crippen molar-refractivity contribution in [2.75, 3.05) is 0 Å². The Labute approximate surface area is 151 Å². The molecule has 0 saturated heterocycles. The predicted molar refractivity (Wildman–Crippen MR) is 100 cm³/mol. The van der Waals surface area contributed by atoms with Crippen LogP contribution in [0.3, 0.4) is 0 Å². The van der Waals surface area contributed by atoms with Crippen molar-refractivity contribution in [3.8, 4) is 6.07 Å². The average Bonchev–Trinajstić information content (AvgIpc) is 2.90. The number of nitriles is 1. The average molecular weight is 335 g/mol. The minimum Gasteiger partial charge on any atom is -0.385 e. The smallest absolute Gasteiger partial charge is 0.0994 e. The number of hydrogen-bond acceptors (Lipinski definition) is 2. The van der Waals surface area contributed by atoms with Gasteiger partial charge in [-0.25, -0.2) is 0 Å². The van der Waals surface area contributed by atoms with Gasteiger partial charge in [-0.3, -0.25) is 0 Å². The van der Waals surface area contributed by atoms with E-state index in [0.717, 1.165) is 44.1 Å². The molecule has 3 aliphatic carbocycles. The number of benzene rings is 1. The molecule has 132 valence electrons. The molecule has 5 atom stereocenters. The van der Waals surface area contributed by atoms with Gasteiger partial charge in [0.25, 0.3) is 0 Å². The summed E-state index contributed by atoms with van der Waals surface area (Å²) in [5.74, 6) is 1.83. The van der Waals surface area contributed by atoms with Crippen molar-refractivity contribution in [2.24, 2.45) is 17.3 Å². The van der Waals surface area contributed by atoms with E-state index in [2.05, 4.69) is 44.2 Å². The molecule has 0 spiro atoms. The molecule has 3 aliphatic rings. The van der Waals surface area contributed by atoms with Crippen LogP contribution in [0.2, 0.25) is 0 Å². The highest BCUT2D eigenvalue weighted by atomic mass is 16.3. The van der Waals surface area contributed by atoms with Gasteiger partial charge in [-0.15, -0.1) is 0 Å². The molecule has 2 saturated carbocycles. The lowest BCUT2D eigenvalue weighted by Gasteiger charge is -2.52. The molecule has 0 aliphatic heterocycles. The Kier molecular flexibility index (Phi) is 4.04.